The Morgan fingerprint density at radius 1 is 1.64 bits per heavy atom. The van der Waals surface area contributed by atoms with Crippen LogP contribution in [0.4, 0.5) is 0 Å². The zero-order valence-corrected chi connectivity index (χ0v) is 8.64. The third-order valence-corrected chi connectivity index (χ3v) is 2.16. The minimum absolute atomic E-state index is 0.183. The average Bonchev–Trinajstić information content (AvgIpc) is 2.82. The Bertz CT molecular complexity index is 278. The molecule has 14 heavy (non-hydrogen) atoms. The van der Waals surface area contributed by atoms with Crippen LogP contribution in [0.3, 0.4) is 0 Å². The molecule has 1 atom stereocenters. The standard InChI is InChI=1S/C10H16N2O2/c1-10(2,14-7-9-6-13-9)8-12-5-3-4-11-12/h3-5,9H,6-8H2,1-2H3/t9-/m1/s1. The van der Waals surface area contributed by atoms with Gasteiger partial charge in [-0.2, -0.15) is 5.10 Å². The van der Waals surface area contributed by atoms with E-state index >= 15 is 0 Å². The maximum Gasteiger partial charge on any atom is 0.104 e. The van der Waals surface area contributed by atoms with Crippen molar-refractivity contribution in [2.75, 3.05) is 13.2 Å². The molecule has 1 fully saturated rings. The van der Waals surface area contributed by atoms with Gasteiger partial charge in [-0.1, -0.05) is 0 Å². The van der Waals surface area contributed by atoms with E-state index in [0.717, 1.165) is 13.2 Å². The minimum atomic E-state index is -0.183. The summed E-state index contributed by atoms with van der Waals surface area (Å²) in [4.78, 5) is 0. The van der Waals surface area contributed by atoms with Gasteiger partial charge in [0.05, 0.1) is 25.4 Å². The Hall–Kier alpha value is -0.870. The molecular formula is C10H16N2O2. The van der Waals surface area contributed by atoms with Gasteiger partial charge in [-0.15, -0.1) is 0 Å². The molecular weight excluding hydrogens is 180 g/mol. The maximum atomic E-state index is 5.74. The Kier molecular flexibility index (Phi) is 2.56. The molecule has 4 nitrogen and oxygen atoms in total. The normalized spacial score (nSPS) is 21.1. The van der Waals surface area contributed by atoms with E-state index in [-0.39, 0.29) is 5.60 Å². The quantitative estimate of drug-likeness (QED) is 0.661. The van der Waals surface area contributed by atoms with E-state index in [1.54, 1.807) is 6.20 Å². The van der Waals surface area contributed by atoms with Crippen LogP contribution in [-0.4, -0.2) is 34.7 Å². The molecule has 0 spiro atoms. The lowest BCUT2D eigenvalue weighted by molar-refractivity contribution is -0.0377. The number of rotatable bonds is 5. The van der Waals surface area contributed by atoms with Crippen LogP contribution in [-0.2, 0) is 16.0 Å². The van der Waals surface area contributed by atoms with Gasteiger partial charge in [-0.05, 0) is 19.9 Å². The number of hydrogen-bond donors (Lipinski definition) is 0. The van der Waals surface area contributed by atoms with Crippen LogP contribution >= 0.6 is 0 Å². The van der Waals surface area contributed by atoms with Crippen molar-refractivity contribution in [3.05, 3.63) is 18.5 Å². The zero-order chi connectivity index (χ0) is 10.0. The smallest absolute Gasteiger partial charge is 0.104 e. The first-order valence-corrected chi connectivity index (χ1v) is 4.89. The van der Waals surface area contributed by atoms with Crippen LogP contribution in [0.1, 0.15) is 13.8 Å². The molecule has 0 N–H and O–H groups in total. The van der Waals surface area contributed by atoms with Crippen molar-refractivity contribution in [3.8, 4) is 0 Å². The van der Waals surface area contributed by atoms with E-state index in [2.05, 4.69) is 18.9 Å². The highest BCUT2D eigenvalue weighted by molar-refractivity contribution is 4.81. The number of aromatic nitrogens is 2. The van der Waals surface area contributed by atoms with E-state index in [1.165, 1.54) is 0 Å². The molecule has 2 rings (SSSR count). The van der Waals surface area contributed by atoms with Gasteiger partial charge in [0.15, 0.2) is 0 Å². The summed E-state index contributed by atoms with van der Waals surface area (Å²) in [6, 6.07) is 1.92. The van der Waals surface area contributed by atoms with Gasteiger partial charge in [0.25, 0.3) is 0 Å². The monoisotopic (exact) mass is 196 g/mol. The van der Waals surface area contributed by atoms with Gasteiger partial charge in [-0.3, -0.25) is 4.68 Å². The van der Waals surface area contributed by atoms with E-state index in [9.17, 15) is 0 Å². The number of hydrogen-bond acceptors (Lipinski definition) is 3. The molecule has 4 heteroatoms. The first-order valence-electron chi connectivity index (χ1n) is 4.89. The molecule has 0 aromatic carbocycles. The van der Waals surface area contributed by atoms with Gasteiger partial charge in [0, 0.05) is 12.4 Å². The first kappa shape index (κ1) is 9.68. The molecule has 1 aliphatic rings. The maximum absolute atomic E-state index is 5.74. The molecule has 0 amide bonds. The lowest BCUT2D eigenvalue weighted by Gasteiger charge is -2.24. The predicted octanol–water partition coefficient (Wildman–Crippen LogP) is 1.08. The van der Waals surface area contributed by atoms with E-state index in [0.29, 0.717) is 12.7 Å². The van der Waals surface area contributed by atoms with E-state index in [1.807, 2.05) is 16.9 Å². The van der Waals surface area contributed by atoms with Crippen molar-refractivity contribution in [2.45, 2.75) is 32.1 Å². The molecule has 0 radical (unpaired) electrons. The summed E-state index contributed by atoms with van der Waals surface area (Å²) in [5, 5.41) is 4.15. The number of epoxide rings is 1. The van der Waals surface area contributed by atoms with Gasteiger partial charge in [0.2, 0.25) is 0 Å². The van der Waals surface area contributed by atoms with Gasteiger partial charge in [-0.25, -0.2) is 0 Å². The predicted molar refractivity (Wildman–Crippen MR) is 52.0 cm³/mol. The topological polar surface area (TPSA) is 39.6 Å². The second-order valence-corrected chi connectivity index (χ2v) is 4.23. The molecule has 78 valence electrons. The third-order valence-electron chi connectivity index (χ3n) is 2.16. The third kappa shape index (κ3) is 2.82. The highest BCUT2D eigenvalue weighted by atomic mass is 16.6. The Labute approximate surface area is 83.8 Å². The zero-order valence-electron chi connectivity index (χ0n) is 8.64. The molecule has 0 unspecified atom stereocenters. The first-order chi connectivity index (χ1) is 6.66. The van der Waals surface area contributed by atoms with Gasteiger partial charge >= 0.3 is 0 Å². The van der Waals surface area contributed by atoms with Crippen molar-refractivity contribution < 1.29 is 9.47 Å². The van der Waals surface area contributed by atoms with Crippen molar-refractivity contribution >= 4 is 0 Å². The summed E-state index contributed by atoms with van der Waals surface area (Å²) < 4.78 is 12.7. The molecule has 0 bridgehead atoms. The summed E-state index contributed by atoms with van der Waals surface area (Å²) in [5.74, 6) is 0. The highest BCUT2D eigenvalue weighted by Crippen LogP contribution is 2.16. The molecule has 0 saturated carbocycles. The number of nitrogens with zero attached hydrogens (tertiary/aromatic N) is 2. The molecule has 1 aliphatic heterocycles. The van der Waals surface area contributed by atoms with Crippen molar-refractivity contribution in [1.82, 2.24) is 9.78 Å². The van der Waals surface area contributed by atoms with Crippen molar-refractivity contribution in [1.29, 1.82) is 0 Å². The average molecular weight is 196 g/mol. The minimum Gasteiger partial charge on any atom is -0.371 e. The van der Waals surface area contributed by atoms with Crippen molar-refractivity contribution in [3.63, 3.8) is 0 Å². The lowest BCUT2D eigenvalue weighted by Crippen LogP contribution is -2.32. The Balaban J connectivity index is 1.81. The fraction of sp³-hybridized carbons (Fsp3) is 0.700. The van der Waals surface area contributed by atoms with E-state index < -0.39 is 0 Å². The van der Waals surface area contributed by atoms with Crippen LogP contribution in [0.25, 0.3) is 0 Å². The second-order valence-electron chi connectivity index (χ2n) is 4.23. The fourth-order valence-corrected chi connectivity index (χ4v) is 1.31. The molecule has 1 aromatic heterocycles. The summed E-state index contributed by atoms with van der Waals surface area (Å²) in [7, 11) is 0. The fourth-order valence-electron chi connectivity index (χ4n) is 1.31. The highest BCUT2D eigenvalue weighted by Gasteiger charge is 2.27. The Morgan fingerprint density at radius 2 is 2.43 bits per heavy atom. The summed E-state index contributed by atoms with van der Waals surface area (Å²) >= 11 is 0. The largest absolute Gasteiger partial charge is 0.371 e. The lowest BCUT2D eigenvalue weighted by atomic mass is 10.1. The van der Waals surface area contributed by atoms with E-state index in [4.69, 9.17) is 9.47 Å². The van der Waals surface area contributed by atoms with Crippen LogP contribution in [0.2, 0.25) is 0 Å². The summed E-state index contributed by atoms with van der Waals surface area (Å²) in [6.45, 7) is 6.44. The molecule has 2 heterocycles. The van der Waals surface area contributed by atoms with Gasteiger partial charge in [0.1, 0.15) is 6.10 Å². The van der Waals surface area contributed by atoms with Crippen LogP contribution < -0.4 is 0 Å². The summed E-state index contributed by atoms with van der Waals surface area (Å²) in [5.41, 5.74) is -0.183. The SMILES string of the molecule is CC(C)(Cn1cccn1)OC[C@H]1CO1. The van der Waals surface area contributed by atoms with Crippen molar-refractivity contribution in [2.24, 2.45) is 0 Å². The number of ether oxygens (including phenoxy) is 2. The molecule has 1 saturated heterocycles. The molecule has 0 aliphatic carbocycles. The Morgan fingerprint density at radius 3 is 3.00 bits per heavy atom. The van der Waals surface area contributed by atoms with Crippen LogP contribution in [0, 0.1) is 0 Å². The second kappa shape index (κ2) is 3.71. The van der Waals surface area contributed by atoms with Crippen LogP contribution in [0.15, 0.2) is 18.5 Å². The summed E-state index contributed by atoms with van der Waals surface area (Å²) in [6.07, 6.45) is 4.05. The van der Waals surface area contributed by atoms with Crippen LogP contribution in [0.5, 0.6) is 0 Å². The molecule has 1 aromatic rings. The van der Waals surface area contributed by atoms with Gasteiger partial charge < -0.3 is 9.47 Å².